The van der Waals surface area contributed by atoms with Crippen molar-refractivity contribution < 1.29 is 35.9 Å². The van der Waals surface area contributed by atoms with Crippen molar-refractivity contribution >= 4 is 21.8 Å². The summed E-state index contributed by atoms with van der Waals surface area (Å²) >= 11 is 2.96. The summed E-state index contributed by atoms with van der Waals surface area (Å²) in [6.45, 7) is 3.40. The molecule has 0 saturated heterocycles. The summed E-state index contributed by atoms with van der Waals surface area (Å²) in [4.78, 5) is 21.0. The fraction of sp³-hybridized carbons (Fsp3) is 0.389. The number of carbonyl (C=O) groups is 1. The lowest BCUT2D eigenvalue weighted by molar-refractivity contribution is -0.141. The number of likely N-dealkylation sites (N-methyl/N-ethyl adjacent to an activating group) is 1. The van der Waals surface area contributed by atoms with Crippen molar-refractivity contribution in [1.82, 2.24) is 14.9 Å². The fourth-order valence-corrected chi connectivity index (χ4v) is 2.97. The maximum atomic E-state index is 12.7. The van der Waals surface area contributed by atoms with E-state index in [-0.39, 0.29) is 29.1 Å². The third-order valence-corrected chi connectivity index (χ3v) is 4.70. The molecule has 0 aliphatic heterocycles. The van der Waals surface area contributed by atoms with Gasteiger partial charge in [-0.1, -0.05) is 0 Å². The summed E-state index contributed by atoms with van der Waals surface area (Å²) in [5.41, 5.74) is -2.13. The molecule has 2 heterocycles. The van der Waals surface area contributed by atoms with Crippen molar-refractivity contribution in [3.8, 4) is 5.88 Å². The Morgan fingerprint density at radius 1 is 1.13 bits per heavy atom. The van der Waals surface area contributed by atoms with E-state index >= 15 is 0 Å². The Balaban J connectivity index is 2.08. The first-order valence-corrected chi connectivity index (χ1v) is 9.33. The minimum atomic E-state index is -4.65. The zero-order valence-corrected chi connectivity index (χ0v) is 17.3. The Bertz CT molecular complexity index is 887. The van der Waals surface area contributed by atoms with E-state index < -0.39 is 35.6 Å². The van der Waals surface area contributed by atoms with E-state index in [9.17, 15) is 31.1 Å². The molecule has 5 nitrogen and oxygen atoms in total. The molecule has 1 atom stereocenters. The molecule has 0 spiro atoms. The third-order valence-electron chi connectivity index (χ3n) is 4.04. The SMILES string of the molecule is CCN(C(=O)c1cnc(C(F)(F)F)cc1Br)[C@@H](C)COc1ccc(C(F)(F)F)cn1. The standard InChI is InChI=1S/C18H16BrF6N3O2/c1-3-28(16(29)12-8-26-14(6-13(12)19)18(23,24)25)10(2)9-30-15-5-4-11(7-27-15)17(20,21)22/h4-8,10H,3,9H2,1-2H3/t10-/m0/s1. The summed E-state index contributed by atoms with van der Waals surface area (Å²) in [6, 6.07) is 2.04. The Labute approximate surface area is 176 Å². The number of aromatic nitrogens is 2. The highest BCUT2D eigenvalue weighted by Gasteiger charge is 2.34. The van der Waals surface area contributed by atoms with Crippen LogP contribution in [0.15, 0.2) is 35.1 Å². The average molecular weight is 500 g/mol. The number of halogens is 7. The molecule has 0 radical (unpaired) electrons. The lowest BCUT2D eigenvalue weighted by Crippen LogP contribution is -2.42. The van der Waals surface area contributed by atoms with Gasteiger partial charge >= 0.3 is 12.4 Å². The predicted molar refractivity (Wildman–Crippen MR) is 97.8 cm³/mol. The van der Waals surface area contributed by atoms with Crippen LogP contribution in [-0.2, 0) is 12.4 Å². The van der Waals surface area contributed by atoms with Crippen molar-refractivity contribution in [1.29, 1.82) is 0 Å². The first-order chi connectivity index (χ1) is 13.8. The van der Waals surface area contributed by atoms with E-state index in [1.54, 1.807) is 13.8 Å². The molecule has 0 aliphatic carbocycles. The molecule has 2 rings (SSSR count). The summed E-state index contributed by atoms with van der Waals surface area (Å²) in [6.07, 6.45) is -7.70. The molecule has 12 heteroatoms. The van der Waals surface area contributed by atoms with E-state index in [4.69, 9.17) is 4.74 Å². The number of pyridine rings is 2. The number of nitrogens with zero attached hydrogens (tertiary/aromatic N) is 3. The number of amides is 1. The van der Waals surface area contributed by atoms with Crippen molar-refractivity contribution in [3.63, 3.8) is 0 Å². The number of rotatable bonds is 6. The second kappa shape index (κ2) is 9.19. The Morgan fingerprint density at radius 2 is 1.80 bits per heavy atom. The highest BCUT2D eigenvalue weighted by Crippen LogP contribution is 2.31. The maximum absolute atomic E-state index is 12.7. The van der Waals surface area contributed by atoms with Crippen LogP contribution in [0.25, 0.3) is 0 Å². The van der Waals surface area contributed by atoms with E-state index in [1.807, 2.05) is 0 Å². The summed E-state index contributed by atoms with van der Waals surface area (Å²) in [5, 5.41) is 0. The quantitative estimate of drug-likeness (QED) is 0.512. The lowest BCUT2D eigenvalue weighted by atomic mass is 10.2. The molecular weight excluding hydrogens is 484 g/mol. The van der Waals surface area contributed by atoms with E-state index in [2.05, 4.69) is 25.9 Å². The third kappa shape index (κ3) is 5.83. The Kier molecular flexibility index (Phi) is 7.32. The normalized spacial score (nSPS) is 13.1. The molecule has 30 heavy (non-hydrogen) atoms. The van der Waals surface area contributed by atoms with Crippen molar-refractivity contribution in [3.05, 3.63) is 51.9 Å². The average Bonchev–Trinajstić information content (AvgIpc) is 2.65. The van der Waals surface area contributed by atoms with Gasteiger partial charge in [-0.25, -0.2) is 4.98 Å². The molecule has 0 aliphatic rings. The van der Waals surface area contributed by atoms with Crippen LogP contribution in [0.5, 0.6) is 5.88 Å². The number of hydrogen-bond donors (Lipinski definition) is 0. The number of ether oxygens (including phenoxy) is 1. The van der Waals surface area contributed by atoms with Gasteiger partial charge in [0.15, 0.2) is 0 Å². The van der Waals surface area contributed by atoms with Gasteiger partial charge in [-0.2, -0.15) is 26.3 Å². The van der Waals surface area contributed by atoms with Gasteiger partial charge in [0.2, 0.25) is 5.88 Å². The molecular formula is C18H16BrF6N3O2. The van der Waals surface area contributed by atoms with E-state index in [1.165, 1.54) is 4.90 Å². The van der Waals surface area contributed by atoms with Crippen molar-refractivity contribution in [2.75, 3.05) is 13.2 Å². The van der Waals surface area contributed by atoms with Crippen LogP contribution in [0.3, 0.4) is 0 Å². The van der Waals surface area contributed by atoms with Gasteiger partial charge in [-0.3, -0.25) is 9.78 Å². The molecule has 0 fully saturated rings. The van der Waals surface area contributed by atoms with Gasteiger partial charge in [0.25, 0.3) is 5.91 Å². The van der Waals surface area contributed by atoms with Gasteiger partial charge < -0.3 is 9.64 Å². The minimum absolute atomic E-state index is 0.0595. The van der Waals surface area contributed by atoms with Crippen LogP contribution in [0.1, 0.15) is 35.5 Å². The largest absolute Gasteiger partial charge is 0.475 e. The second-order valence-corrected chi connectivity index (χ2v) is 7.04. The van der Waals surface area contributed by atoms with Crippen LogP contribution >= 0.6 is 15.9 Å². The van der Waals surface area contributed by atoms with E-state index in [0.29, 0.717) is 12.3 Å². The van der Waals surface area contributed by atoms with Crippen molar-refractivity contribution in [2.45, 2.75) is 32.2 Å². The van der Waals surface area contributed by atoms with Gasteiger partial charge in [-0.15, -0.1) is 0 Å². The molecule has 0 N–H and O–H groups in total. The molecule has 0 aromatic carbocycles. The molecule has 0 saturated carbocycles. The monoisotopic (exact) mass is 499 g/mol. The highest BCUT2D eigenvalue weighted by atomic mass is 79.9. The molecule has 164 valence electrons. The molecule has 1 amide bonds. The Hall–Kier alpha value is -2.37. The van der Waals surface area contributed by atoms with Crippen LogP contribution in [0.4, 0.5) is 26.3 Å². The van der Waals surface area contributed by atoms with Gasteiger partial charge in [0.1, 0.15) is 12.3 Å². The first-order valence-electron chi connectivity index (χ1n) is 8.54. The van der Waals surface area contributed by atoms with Gasteiger partial charge in [0, 0.05) is 29.5 Å². The van der Waals surface area contributed by atoms with Crippen molar-refractivity contribution in [2.24, 2.45) is 0 Å². The van der Waals surface area contributed by atoms with Crippen LogP contribution < -0.4 is 4.74 Å². The van der Waals surface area contributed by atoms with Crippen LogP contribution in [0.2, 0.25) is 0 Å². The second-order valence-electron chi connectivity index (χ2n) is 6.18. The molecule has 0 bridgehead atoms. The van der Waals surface area contributed by atoms with Crippen LogP contribution in [-0.4, -0.2) is 40.0 Å². The Morgan fingerprint density at radius 3 is 2.27 bits per heavy atom. The van der Waals surface area contributed by atoms with Crippen LogP contribution in [0, 0.1) is 0 Å². The first kappa shape index (κ1) is 23.9. The molecule has 0 unspecified atom stereocenters. The minimum Gasteiger partial charge on any atom is -0.475 e. The molecule has 2 aromatic heterocycles. The summed E-state index contributed by atoms with van der Waals surface area (Å²) in [5.74, 6) is -0.641. The number of carbonyl (C=O) groups excluding carboxylic acids is 1. The number of hydrogen-bond acceptors (Lipinski definition) is 4. The maximum Gasteiger partial charge on any atom is 0.433 e. The smallest absolute Gasteiger partial charge is 0.433 e. The number of alkyl halides is 6. The summed E-state index contributed by atoms with van der Waals surface area (Å²) < 4.78 is 81.2. The van der Waals surface area contributed by atoms with E-state index in [0.717, 1.165) is 18.3 Å². The zero-order valence-electron chi connectivity index (χ0n) is 15.7. The fourth-order valence-electron chi connectivity index (χ4n) is 2.48. The topological polar surface area (TPSA) is 55.3 Å². The van der Waals surface area contributed by atoms with Gasteiger partial charge in [-0.05, 0) is 41.9 Å². The zero-order chi connectivity index (χ0) is 22.7. The summed E-state index contributed by atoms with van der Waals surface area (Å²) in [7, 11) is 0. The lowest BCUT2D eigenvalue weighted by Gasteiger charge is -2.28. The predicted octanol–water partition coefficient (Wildman–Crippen LogP) is 5.21. The van der Waals surface area contributed by atoms with Gasteiger partial charge in [0.05, 0.1) is 17.2 Å². The molecule has 2 aromatic rings. The highest BCUT2D eigenvalue weighted by molar-refractivity contribution is 9.10.